The normalized spacial score (nSPS) is 10.1. The van der Waals surface area contributed by atoms with Crippen molar-refractivity contribution in [3.05, 3.63) is 24.3 Å². The largest absolute Gasteiger partial charge is 0.326 e. The van der Waals surface area contributed by atoms with Crippen molar-refractivity contribution in [3.8, 4) is 0 Å². The van der Waals surface area contributed by atoms with E-state index >= 15 is 0 Å². The average Bonchev–Trinajstić information content (AvgIpc) is 2.45. The average molecular weight is 276 g/mol. The summed E-state index contributed by atoms with van der Waals surface area (Å²) in [5, 5.41) is 5.68. The van der Waals surface area contributed by atoms with Crippen LogP contribution in [-0.4, -0.2) is 11.8 Å². The molecule has 0 atom stereocenters. The van der Waals surface area contributed by atoms with Crippen LogP contribution in [0.2, 0.25) is 0 Å². The lowest BCUT2D eigenvalue weighted by atomic mass is 10.2. The minimum absolute atomic E-state index is 0.0339. The fraction of sp³-hybridized carbons (Fsp3) is 0.500. The molecule has 0 aromatic heterocycles. The lowest BCUT2D eigenvalue weighted by Crippen LogP contribution is -2.12. The standard InChI is InChI=1S/C16H24N2O2/c1-3-5-7-15(19)17-13-9-11-14(12-10-13)18-16(20)8-6-4-2/h9-12H,3-8H2,1-2H3,(H,17,19)(H,18,20). The van der Waals surface area contributed by atoms with Gasteiger partial charge in [-0.2, -0.15) is 0 Å². The Hall–Kier alpha value is -1.84. The van der Waals surface area contributed by atoms with E-state index in [1.54, 1.807) is 24.3 Å². The summed E-state index contributed by atoms with van der Waals surface area (Å²) < 4.78 is 0. The van der Waals surface area contributed by atoms with Gasteiger partial charge in [-0.15, -0.1) is 0 Å². The van der Waals surface area contributed by atoms with Gasteiger partial charge in [0, 0.05) is 24.2 Å². The van der Waals surface area contributed by atoms with Crippen molar-refractivity contribution >= 4 is 23.2 Å². The highest BCUT2D eigenvalue weighted by Crippen LogP contribution is 2.14. The van der Waals surface area contributed by atoms with Gasteiger partial charge in [-0.3, -0.25) is 9.59 Å². The molecule has 0 unspecified atom stereocenters. The van der Waals surface area contributed by atoms with Crippen LogP contribution in [0.5, 0.6) is 0 Å². The van der Waals surface area contributed by atoms with Crippen LogP contribution in [0.4, 0.5) is 11.4 Å². The Morgan fingerprint density at radius 2 is 1.15 bits per heavy atom. The Kier molecular flexibility index (Phi) is 7.40. The first-order valence-electron chi connectivity index (χ1n) is 7.35. The Balaban J connectivity index is 2.43. The second-order valence-electron chi connectivity index (χ2n) is 4.88. The first-order chi connectivity index (χ1) is 9.65. The predicted octanol–water partition coefficient (Wildman–Crippen LogP) is 3.94. The zero-order valence-corrected chi connectivity index (χ0v) is 12.4. The van der Waals surface area contributed by atoms with Crippen LogP contribution in [0.1, 0.15) is 52.4 Å². The van der Waals surface area contributed by atoms with Gasteiger partial charge in [0.1, 0.15) is 0 Å². The molecule has 0 aliphatic carbocycles. The molecule has 0 bridgehead atoms. The molecule has 0 heterocycles. The maximum atomic E-state index is 11.6. The number of rotatable bonds is 8. The lowest BCUT2D eigenvalue weighted by Gasteiger charge is -2.07. The summed E-state index contributed by atoms with van der Waals surface area (Å²) in [5.74, 6) is 0.0677. The second-order valence-corrected chi connectivity index (χ2v) is 4.88. The van der Waals surface area contributed by atoms with E-state index in [0.29, 0.717) is 12.8 Å². The minimum Gasteiger partial charge on any atom is -0.326 e. The number of carbonyl (C=O) groups excluding carboxylic acids is 2. The monoisotopic (exact) mass is 276 g/mol. The molecule has 20 heavy (non-hydrogen) atoms. The summed E-state index contributed by atoms with van der Waals surface area (Å²) >= 11 is 0. The van der Waals surface area contributed by atoms with E-state index in [1.807, 2.05) is 0 Å². The number of hydrogen-bond donors (Lipinski definition) is 2. The van der Waals surface area contributed by atoms with Crippen molar-refractivity contribution in [2.75, 3.05) is 10.6 Å². The van der Waals surface area contributed by atoms with Gasteiger partial charge in [0.15, 0.2) is 0 Å². The lowest BCUT2D eigenvalue weighted by molar-refractivity contribution is -0.117. The van der Waals surface area contributed by atoms with Crippen LogP contribution in [0, 0.1) is 0 Å². The van der Waals surface area contributed by atoms with E-state index in [0.717, 1.165) is 37.1 Å². The fourth-order valence-corrected chi connectivity index (χ4v) is 1.76. The molecule has 0 aliphatic rings. The fourth-order valence-electron chi connectivity index (χ4n) is 1.76. The molecule has 0 spiro atoms. The first-order valence-corrected chi connectivity index (χ1v) is 7.35. The Morgan fingerprint density at radius 1 is 0.800 bits per heavy atom. The van der Waals surface area contributed by atoms with Crippen molar-refractivity contribution in [2.45, 2.75) is 52.4 Å². The summed E-state index contributed by atoms with van der Waals surface area (Å²) in [4.78, 5) is 23.1. The summed E-state index contributed by atoms with van der Waals surface area (Å²) in [6.45, 7) is 4.12. The SMILES string of the molecule is CCCCC(=O)Nc1ccc(NC(=O)CCCC)cc1. The maximum absolute atomic E-state index is 11.6. The quantitative estimate of drug-likeness (QED) is 0.755. The van der Waals surface area contributed by atoms with E-state index in [4.69, 9.17) is 0 Å². The predicted molar refractivity (Wildman–Crippen MR) is 82.8 cm³/mol. The smallest absolute Gasteiger partial charge is 0.224 e. The molecule has 0 saturated carbocycles. The number of anilines is 2. The molecule has 2 amide bonds. The highest BCUT2D eigenvalue weighted by molar-refractivity contribution is 5.92. The number of nitrogens with one attached hydrogen (secondary N) is 2. The number of carbonyl (C=O) groups is 2. The van der Waals surface area contributed by atoms with E-state index in [1.165, 1.54) is 0 Å². The number of unbranched alkanes of at least 4 members (excludes halogenated alkanes) is 2. The molecule has 2 N–H and O–H groups in total. The van der Waals surface area contributed by atoms with Crippen LogP contribution >= 0.6 is 0 Å². The summed E-state index contributed by atoms with van der Waals surface area (Å²) in [5.41, 5.74) is 1.52. The molecule has 110 valence electrons. The zero-order valence-electron chi connectivity index (χ0n) is 12.4. The highest BCUT2D eigenvalue weighted by atomic mass is 16.2. The van der Waals surface area contributed by atoms with Gasteiger partial charge >= 0.3 is 0 Å². The highest BCUT2D eigenvalue weighted by Gasteiger charge is 2.03. The Bertz CT molecular complexity index is 386. The maximum Gasteiger partial charge on any atom is 0.224 e. The zero-order chi connectivity index (χ0) is 14.8. The van der Waals surface area contributed by atoms with Crippen LogP contribution < -0.4 is 10.6 Å². The molecule has 1 aromatic rings. The topological polar surface area (TPSA) is 58.2 Å². The van der Waals surface area contributed by atoms with Crippen molar-refractivity contribution in [3.63, 3.8) is 0 Å². The Morgan fingerprint density at radius 3 is 1.45 bits per heavy atom. The minimum atomic E-state index is 0.0339. The molecule has 0 aliphatic heterocycles. The van der Waals surface area contributed by atoms with Gasteiger partial charge in [-0.25, -0.2) is 0 Å². The van der Waals surface area contributed by atoms with Crippen LogP contribution in [0.25, 0.3) is 0 Å². The van der Waals surface area contributed by atoms with Gasteiger partial charge in [0.25, 0.3) is 0 Å². The third-order valence-electron chi connectivity index (χ3n) is 2.97. The third-order valence-corrected chi connectivity index (χ3v) is 2.97. The van der Waals surface area contributed by atoms with Crippen molar-refractivity contribution in [1.29, 1.82) is 0 Å². The number of hydrogen-bond acceptors (Lipinski definition) is 2. The van der Waals surface area contributed by atoms with E-state index < -0.39 is 0 Å². The molecular weight excluding hydrogens is 252 g/mol. The molecule has 1 rings (SSSR count). The van der Waals surface area contributed by atoms with Crippen LogP contribution in [-0.2, 0) is 9.59 Å². The molecule has 0 radical (unpaired) electrons. The van der Waals surface area contributed by atoms with Crippen LogP contribution in [0.15, 0.2) is 24.3 Å². The van der Waals surface area contributed by atoms with Gasteiger partial charge in [0.2, 0.25) is 11.8 Å². The summed E-state index contributed by atoms with van der Waals surface area (Å²) in [6, 6.07) is 7.22. The van der Waals surface area contributed by atoms with Crippen molar-refractivity contribution in [1.82, 2.24) is 0 Å². The van der Waals surface area contributed by atoms with Crippen LogP contribution in [0.3, 0.4) is 0 Å². The summed E-state index contributed by atoms with van der Waals surface area (Å²) in [6.07, 6.45) is 4.92. The Labute approximate surface area is 121 Å². The van der Waals surface area contributed by atoms with Gasteiger partial charge in [-0.1, -0.05) is 26.7 Å². The second kappa shape index (κ2) is 9.13. The molecule has 0 fully saturated rings. The molecule has 0 saturated heterocycles. The van der Waals surface area contributed by atoms with Crippen molar-refractivity contribution in [2.24, 2.45) is 0 Å². The third kappa shape index (κ3) is 6.36. The van der Waals surface area contributed by atoms with E-state index in [9.17, 15) is 9.59 Å². The molecule has 1 aromatic carbocycles. The van der Waals surface area contributed by atoms with Gasteiger partial charge in [-0.05, 0) is 37.1 Å². The molecular formula is C16H24N2O2. The van der Waals surface area contributed by atoms with Gasteiger partial charge < -0.3 is 10.6 Å². The van der Waals surface area contributed by atoms with Gasteiger partial charge in [0.05, 0.1) is 0 Å². The van der Waals surface area contributed by atoms with Crippen molar-refractivity contribution < 1.29 is 9.59 Å². The van der Waals surface area contributed by atoms with E-state index in [2.05, 4.69) is 24.5 Å². The first kappa shape index (κ1) is 16.2. The number of amides is 2. The molecule has 4 nitrogen and oxygen atoms in total. The van der Waals surface area contributed by atoms with E-state index in [-0.39, 0.29) is 11.8 Å². The molecule has 4 heteroatoms. The number of benzene rings is 1. The summed E-state index contributed by atoms with van der Waals surface area (Å²) in [7, 11) is 0.